The molecule has 0 saturated carbocycles. The zero-order valence-electron chi connectivity index (χ0n) is 14.7. The quantitative estimate of drug-likeness (QED) is 0.480. The summed E-state index contributed by atoms with van der Waals surface area (Å²) in [4.78, 5) is 39.4. The van der Waals surface area contributed by atoms with Gasteiger partial charge in [-0.05, 0) is 14.1 Å². The van der Waals surface area contributed by atoms with Gasteiger partial charge in [-0.1, -0.05) is 30.3 Å². The minimum absolute atomic E-state index is 0.0514. The monoisotopic (exact) mass is 334 g/mol. The molecule has 0 aliphatic carbocycles. The molecule has 1 rings (SSSR count). The summed E-state index contributed by atoms with van der Waals surface area (Å²) in [6.07, 6.45) is 0.462. The molecule has 0 heterocycles. The highest BCUT2D eigenvalue weighted by Crippen LogP contribution is 2.07. The van der Waals surface area contributed by atoms with E-state index in [0.717, 1.165) is 0 Å². The molecular weight excluding hydrogens is 308 g/mol. The summed E-state index contributed by atoms with van der Waals surface area (Å²) in [6.45, 7) is 1.51. The molecule has 0 aliphatic heterocycles. The fourth-order valence-corrected chi connectivity index (χ4v) is 2.16. The van der Waals surface area contributed by atoms with Gasteiger partial charge in [-0.2, -0.15) is 0 Å². The van der Waals surface area contributed by atoms with Gasteiger partial charge in [0.1, 0.15) is 0 Å². The highest BCUT2D eigenvalue weighted by atomic mass is 16.5. The second-order valence-corrected chi connectivity index (χ2v) is 5.80. The first-order valence-electron chi connectivity index (χ1n) is 8.01. The van der Waals surface area contributed by atoms with Crippen LogP contribution < -0.4 is 0 Å². The van der Waals surface area contributed by atoms with Gasteiger partial charge in [0, 0.05) is 38.0 Å². The Balaban J connectivity index is 2.55. The SMILES string of the molecule is COC(=O)CCN(CCN(C)C)C(=O)CCC(=O)c1ccccc1. The lowest BCUT2D eigenvalue weighted by atomic mass is 10.1. The summed E-state index contributed by atoms with van der Waals surface area (Å²) in [7, 11) is 5.16. The van der Waals surface area contributed by atoms with Crippen molar-refractivity contribution < 1.29 is 19.1 Å². The predicted molar refractivity (Wildman–Crippen MR) is 91.8 cm³/mol. The van der Waals surface area contributed by atoms with E-state index in [0.29, 0.717) is 25.2 Å². The van der Waals surface area contributed by atoms with Gasteiger partial charge >= 0.3 is 5.97 Å². The van der Waals surface area contributed by atoms with E-state index < -0.39 is 0 Å². The molecule has 1 aromatic rings. The third kappa shape index (κ3) is 7.37. The van der Waals surface area contributed by atoms with E-state index in [-0.39, 0.29) is 36.9 Å². The lowest BCUT2D eigenvalue weighted by Gasteiger charge is -2.24. The van der Waals surface area contributed by atoms with Crippen molar-refractivity contribution in [1.29, 1.82) is 0 Å². The second-order valence-electron chi connectivity index (χ2n) is 5.80. The highest BCUT2D eigenvalue weighted by molar-refractivity contribution is 5.97. The number of likely N-dealkylation sites (N-methyl/N-ethyl adjacent to an activating group) is 1. The van der Waals surface area contributed by atoms with Crippen LogP contribution in [0.2, 0.25) is 0 Å². The zero-order valence-corrected chi connectivity index (χ0v) is 14.7. The smallest absolute Gasteiger partial charge is 0.307 e. The highest BCUT2D eigenvalue weighted by Gasteiger charge is 2.17. The van der Waals surface area contributed by atoms with Crippen molar-refractivity contribution in [3.05, 3.63) is 35.9 Å². The van der Waals surface area contributed by atoms with Gasteiger partial charge in [-0.3, -0.25) is 14.4 Å². The van der Waals surface area contributed by atoms with E-state index in [4.69, 9.17) is 0 Å². The molecule has 0 unspecified atom stereocenters. The average molecular weight is 334 g/mol. The number of Topliss-reactive ketones (excluding diaryl/α,β-unsaturated/α-hetero) is 1. The minimum Gasteiger partial charge on any atom is -0.469 e. The maximum absolute atomic E-state index is 12.4. The molecule has 6 nitrogen and oxygen atoms in total. The van der Waals surface area contributed by atoms with E-state index in [2.05, 4.69) is 4.74 Å². The molecule has 6 heteroatoms. The number of esters is 1. The molecule has 0 bridgehead atoms. The van der Waals surface area contributed by atoms with Crippen LogP contribution in [0.3, 0.4) is 0 Å². The second kappa shape index (κ2) is 10.5. The van der Waals surface area contributed by atoms with Crippen LogP contribution in [0.25, 0.3) is 0 Å². The van der Waals surface area contributed by atoms with Crippen LogP contribution in [-0.4, -0.2) is 68.3 Å². The van der Waals surface area contributed by atoms with Crippen molar-refractivity contribution in [1.82, 2.24) is 9.80 Å². The Morgan fingerprint density at radius 3 is 2.17 bits per heavy atom. The Bertz CT molecular complexity index is 543. The minimum atomic E-state index is -0.349. The van der Waals surface area contributed by atoms with Crippen molar-refractivity contribution >= 4 is 17.7 Å². The number of rotatable bonds is 10. The van der Waals surface area contributed by atoms with E-state index in [1.807, 2.05) is 25.1 Å². The Kier molecular flexibility index (Phi) is 8.71. The van der Waals surface area contributed by atoms with Gasteiger partial charge in [0.15, 0.2) is 5.78 Å². The van der Waals surface area contributed by atoms with Crippen molar-refractivity contribution in [3.63, 3.8) is 0 Å². The molecule has 24 heavy (non-hydrogen) atoms. The molecule has 132 valence electrons. The average Bonchev–Trinajstić information content (AvgIpc) is 2.59. The van der Waals surface area contributed by atoms with Crippen LogP contribution in [0.4, 0.5) is 0 Å². The number of carbonyl (C=O) groups excluding carboxylic acids is 3. The van der Waals surface area contributed by atoms with E-state index in [1.54, 1.807) is 29.2 Å². The maximum atomic E-state index is 12.4. The summed E-state index contributed by atoms with van der Waals surface area (Å²) in [5.41, 5.74) is 0.611. The zero-order chi connectivity index (χ0) is 17.9. The van der Waals surface area contributed by atoms with Crippen LogP contribution in [0.15, 0.2) is 30.3 Å². The largest absolute Gasteiger partial charge is 0.469 e. The fraction of sp³-hybridized carbons (Fsp3) is 0.500. The van der Waals surface area contributed by atoms with Crippen molar-refractivity contribution in [2.24, 2.45) is 0 Å². The number of benzene rings is 1. The molecule has 0 N–H and O–H groups in total. The Labute approximate surface area is 143 Å². The molecule has 1 amide bonds. The van der Waals surface area contributed by atoms with Gasteiger partial charge in [-0.25, -0.2) is 0 Å². The summed E-state index contributed by atoms with van der Waals surface area (Å²) >= 11 is 0. The molecule has 0 atom stereocenters. The van der Waals surface area contributed by atoms with Gasteiger partial charge in [-0.15, -0.1) is 0 Å². The van der Waals surface area contributed by atoms with Crippen molar-refractivity contribution in [2.75, 3.05) is 40.8 Å². The molecule has 1 aromatic carbocycles. The first-order valence-corrected chi connectivity index (χ1v) is 8.01. The Morgan fingerprint density at radius 2 is 1.58 bits per heavy atom. The van der Waals surface area contributed by atoms with Crippen LogP contribution >= 0.6 is 0 Å². The normalized spacial score (nSPS) is 10.5. The topological polar surface area (TPSA) is 66.9 Å². The van der Waals surface area contributed by atoms with Gasteiger partial charge < -0.3 is 14.5 Å². The molecule has 0 aromatic heterocycles. The van der Waals surface area contributed by atoms with Crippen molar-refractivity contribution in [3.8, 4) is 0 Å². The van der Waals surface area contributed by atoms with Gasteiger partial charge in [0.2, 0.25) is 5.91 Å². The molecule has 0 saturated heterocycles. The number of ether oxygens (including phenoxy) is 1. The van der Waals surface area contributed by atoms with Crippen LogP contribution in [0.5, 0.6) is 0 Å². The van der Waals surface area contributed by atoms with Gasteiger partial charge in [0.25, 0.3) is 0 Å². The first-order chi connectivity index (χ1) is 11.4. The van der Waals surface area contributed by atoms with E-state index >= 15 is 0 Å². The third-order valence-electron chi connectivity index (χ3n) is 3.65. The predicted octanol–water partition coefficient (Wildman–Crippen LogP) is 1.60. The van der Waals surface area contributed by atoms with Crippen LogP contribution in [0.1, 0.15) is 29.6 Å². The standard InChI is InChI=1S/C18H26N2O4/c1-19(2)13-14-20(12-11-18(23)24-3)17(22)10-9-16(21)15-7-5-4-6-8-15/h4-8H,9-14H2,1-3H3. The third-order valence-corrected chi connectivity index (χ3v) is 3.65. The molecule has 0 aliphatic rings. The number of nitrogens with zero attached hydrogens (tertiary/aromatic N) is 2. The van der Waals surface area contributed by atoms with Crippen molar-refractivity contribution in [2.45, 2.75) is 19.3 Å². The molecule has 0 radical (unpaired) electrons. The number of hydrogen-bond acceptors (Lipinski definition) is 5. The Hall–Kier alpha value is -2.21. The number of amides is 1. The number of ketones is 1. The number of methoxy groups -OCH3 is 1. The lowest BCUT2D eigenvalue weighted by Crippen LogP contribution is -2.38. The van der Waals surface area contributed by atoms with E-state index in [9.17, 15) is 14.4 Å². The van der Waals surface area contributed by atoms with Crippen LogP contribution in [0, 0.1) is 0 Å². The number of carbonyl (C=O) groups is 3. The van der Waals surface area contributed by atoms with E-state index in [1.165, 1.54) is 7.11 Å². The molecular formula is C18H26N2O4. The summed E-state index contributed by atoms with van der Waals surface area (Å²) in [5.74, 6) is -0.521. The summed E-state index contributed by atoms with van der Waals surface area (Å²) < 4.78 is 4.62. The summed E-state index contributed by atoms with van der Waals surface area (Å²) in [5, 5.41) is 0. The van der Waals surface area contributed by atoms with Crippen LogP contribution in [-0.2, 0) is 14.3 Å². The van der Waals surface area contributed by atoms with Gasteiger partial charge in [0.05, 0.1) is 13.5 Å². The first kappa shape index (κ1) is 19.8. The number of hydrogen-bond donors (Lipinski definition) is 0. The lowest BCUT2D eigenvalue weighted by molar-refractivity contribution is -0.141. The molecule has 0 fully saturated rings. The Morgan fingerprint density at radius 1 is 0.917 bits per heavy atom. The fourth-order valence-electron chi connectivity index (χ4n) is 2.16. The molecule has 0 spiro atoms. The maximum Gasteiger partial charge on any atom is 0.307 e. The summed E-state index contributed by atoms with van der Waals surface area (Å²) in [6, 6.07) is 8.93.